The van der Waals surface area contributed by atoms with Crippen molar-refractivity contribution in [3.63, 3.8) is 0 Å². The van der Waals surface area contributed by atoms with E-state index in [4.69, 9.17) is 0 Å². The number of aliphatic hydroxyl groups is 1. The maximum absolute atomic E-state index is 13.3. The minimum absolute atomic E-state index is 0.271. The van der Waals surface area contributed by atoms with Crippen LogP contribution >= 0.6 is 27.3 Å². The third kappa shape index (κ3) is 3.62. The van der Waals surface area contributed by atoms with Crippen molar-refractivity contribution in [2.24, 2.45) is 0 Å². The van der Waals surface area contributed by atoms with Crippen molar-refractivity contribution in [1.29, 1.82) is 0 Å². The molecule has 5 heteroatoms. The van der Waals surface area contributed by atoms with Gasteiger partial charge in [-0.15, -0.1) is 0 Å². The van der Waals surface area contributed by atoms with Gasteiger partial charge in [-0.05, 0) is 56.0 Å². The first-order valence-electron chi connectivity index (χ1n) is 5.51. The predicted octanol–water partition coefficient (Wildman–Crippen LogP) is 3.47. The molecule has 1 heterocycles. The highest BCUT2D eigenvalue weighted by molar-refractivity contribution is 9.10. The summed E-state index contributed by atoms with van der Waals surface area (Å²) in [5, 5.41) is 16.8. The van der Waals surface area contributed by atoms with E-state index in [2.05, 4.69) is 21.2 Å². The van der Waals surface area contributed by atoms with E-state index in [0.29, 0.717) is 17.6 Å². The molecule has 0 saturated carbocycles. The Labute approximate surface area is 118 Å². The summed E-state index contributed by atoms with van der Waals surface area (Å²) in [6, 6.07) is 6.91. The largest absolute Gasteiger partial charge is 0.387 e. The maximum atomic E-state index is 13.3. The zero-order chi connectivity index (χ0) is 13.0. The molecule has 0 saturated heterocycles. The lowest BCUT2D eigenvalue weighted by Crippen LogP contribution is -2.20. The molecule has 2 N–H and O–H groups in total. The molecule has 1 aromatic carbocycles. The fraction of sp³-hybridized carbons (Fsp3) is 0.231. The van der Waals surface area contributed by atoms with Gasteiger partial charge in [0.25, 0.3) is 0 Å². The fourth-order valence-electron chi connectivity index (χ4n) is 1.59. The summed E-state index contributed by atoms with van der Waals surface area (Å²) < 4.78 is 13.7. The number of halogens is 2. The van der Waals surface area contributed by atoms with Gasteiger partial charge in [-0.25, -0.2) is 4.39 Å². The molecular weight excluding hydrogens is 317 g/mol. The van der Waals surface area contributed by atoms with Gasteiger partial charge in [0.05, 0.1) is 10.6 Å². The first-order chi connectivity index (χ1) is 8.66. The lowest BCUT2D eigenvalue weighted by atomic mass is 10.2. The normalized spacial score (nSPS) is 12.6. The number of rotatable bonds is 5. The van der Waals surface area contributed by atoms with Crippen LogP contribution in [0.4, 0.5) is 4.39 Å². The second-order valence-corrected chi connectivity index (χ2v) is 5.59. The molecule has 0 aliphatic rings. The number of nitrogens with one attached hydrogen (secondary N) is 1. The highest BCUT2D eigenvalue weighted by Crippen LogP contribution is 2.17. The quantitative estimate of drug-likeness (QED) is 0.880. The summed E-state index contributed by atoms with van der Waals surface area (Å²) in [5.41, 5.74) is 1.77. The van der Waals surface area contributed by atoms with Gasteiger partial charge in [-0.3, -0.25) is 0 Å². The van der Waals surface area contributed by atoms with E-state index in [9.17, 15) is 9.50 Å². The molecule has 2 nitrogen and oxygen atoms in total. The van der Waals surface area contributed by atoms with Crippen LogP contribution in [0, 0.1) is 5.82 Å². The smallest absolute Gasteiger partial charge is 0.137 e. The summed E-state index contributed by atoms with van der Waals surface area (Å²) >= 11 is 4.67. The van der Waals surface area contributed by atoms with Crippen LogP contribution in [-0.2, 0) is 6.54 Å². The first kappa shape index (κ1) is 13.7. The Morgan fingerprint density at radius 2 is 2.22 bits per heavy atom. The van der Waals surface area contributed by atoms with Crippen LogP contribution in [0.5, 0.6) is 0 Å². The molecule has 2 aromatic rings. The van der Waals surface area contributed by atoms with Crippen LogP contribution in [0.25, 0.3) is 0 Å². The standard InChI is InChI=1S/C13H13BrFNOS/c14-11-2-1-9(5-12(11)15)6-16-7-13(17)10-3-4-18-8-10/h1-5,8,13,16-17H,6-7H2. The highest BCUT2D eigenvalue weighted by Gasteiger charge is 2.07. The minimum atomic E-state index is -0.517. The Bertz CT molecular complexity index is 504. The zero-order valence-corrected chi connectivity index (χ0v) is 12.0. The molecule has 18 heavy (non-hydrogen) atoms. The molecule has 0 fully saturated rings. The van der Waals surface area contributed by atoms with Crippen molar-refractivity contribution in [1.82, 2.24) is 5.32 Å². The maximum Gasteiger partial charge on any atom is 0.137 e. The summed E-state index contributed by atoms with van der Waals surface area (Å²) in [6.07, 6.45) is -0.517. The van der Waals surface area contributed by atoms with Gasteiger partial charge in [-0.1, -0.05) is 6.07 Å². The number of hydrogen-bond acceptors (Lipinski definition) is 3. The predicted molar refractivity (Wildman–Crippen MR) is 75.1 cm³/mol. The molecule has 0 aliphatic carbocycles. The molecular formula is C13H13BrFNOS. The molecule has 1 atom stereocenters. The first-order valence-corrected chi connectivity index (χ1v) is 7.25. The monoisotopic (exact) mass is 329 g/mol. The summed E-state index contributed by atoms with van der Waals surface area (Å²) in [4.78, 5) is 0. The number of thiophene rings is 1. The molecule has 1 aromatic heterocycles. The lowest BCUT2D eigenvalue weighted by molar-refractivity contribution is 0.175. The van der Waals surface area contributed by atoms with Crippen LogP contribution in [0.2, 0.25) is 0 Å². The van der Waals surface area contributed by atoms with Gasteiger partial charge >= 0.3 is 0 Å². The van der Waals surface area contributed by atoms with Crippen LogP contribution in [0.15, 0.2) is 39.5 Å². The summed E-state index contributed by atoms with van der Waals surface area (Å²) in [5.74, 6) is -0.271. The summed E-state index contributed by atoms with van der Waals surface area (Å²) in [6.45, 7) is 0.986. The molecule has 2 rings (SSSR count). The third-order valence-electron chi connectivity index (χ3n) is 2.58. The van der Waals surface area contributed by atoms with E-state index in [-0.39, 0.29) is 5.82 Å². The Morgan fingerprint density at radius 3 is 2.89 bits per heavy atom. The third-order valence-corrected chi connectivity index (χ3v) is 3.92. The van der Waals surface area contributed by atoms with E-state index < -0.39 is 6.10 Å². The van der Waals surface area contributed by atoms with Gasteiger partial charge in [0.15, 0.2) is 0 Å². The Kier molecular flexibility index (Phi) is 4.88. The number of hydrogen-bond donors (Lipinski definition) is 2. The van der Waals surface area contributed by atoms with E-state index >= 15 is 0 Å². The van der Waals surface area contributed by atoms with E-state index in [1.54, 1.807) is 17.4 Å². The number of benzene rings is 1. The second kappa shape index (κ2) is 6.43. The van der Waals surface area contributed by atoms with Gasteiger partial charge in [0.2, 0.25) is 0 Å². The van der Waals surface area contributed by atoms with Crippen LogP contribution in [0.3, 0.4) is 0 Å². The molecule has 0 spiro atoms. The van der Waals surface area contributed by atoms with Gasteiger partial charge < -0.3 is 10.4 Å². The second-order valence-electron chi connectivity index (χ2n) is 3.95. The lowest BCUT2D eigenvalue weighted by Gasteiger charge is -2.10. The van der Waals surface area contributed by atoms with Crippen molar-refractivity contribution in [3.05, 3.63) is 56.4 Å². The Morgan fingerprint density at radius 1 is 1.39 bits per heavy atom. The molecule has 0 radical (unpaired) electrons. The molecule has 0 amide bonds. The average molecular weight is 330 g/mol. The van der Waals surface area contributed by atoms with Crippen molar-refractivity contribution in [3.8, 4) is 0 Å². The molecule has 0 bridgehead atoms. The van der Waals surface area contributed by atoms with Crippen molar-refractivity contribution < 1.29 is 9.50 Å². The van der Waals surface area contributed by atoms with Crippen LogP contribution in [-0.4, -0.2) is 11.7 Å². The van der Waals surface area contributed by atoms with Crippen molar-refractivity contribution in [2.45, 2.75) is 12.6 Å². The van der Waals surface area contributed by atoms with Crippen molar-refractivity contribution >= 4 is 27.3 Å². The van der Waals surface area contributed by atoms with Crippen LogP contribution < -0.4 is 5.32 Å². The fourth-order valence-corrected chi connectivity index (χ4v) is 2.54. The van der Waals surface area contributed by atoms with E-state index in [1.807, 2.05) is 22.9 Å². The minimum Gasteiger partial charge on any atom is -0.387 e. The Hall–Kier alpha value is -0.750. The molecule has 0 aliphatic heterocycles. The topological polar surface area (TPSA) is 32.3 Å². The van der Waals surface area contributed by atoms with Crippen LogP contribution in [0.1, 0.15) is 17.2 Å². The molecule has 1 unspecified atom stereocenters. The Balaban J connectivity index is 1.83. The van der Waals surface area contributed by atoms with Crippen molar-refractivity contribution in [2.75, 3.05) is 6.54 Å². The average Bonchev–Trinajstić information content (AvgIpc) is 2.87. The van der Waals surface area contributed by atoms with Gasteiger partial charge in [-0.2, -0.15) is 11.3 Å². The van der Waals surface area contributed by atoms with Gasteiger partial charge in [0, 0.05) is 13.1 Å². The zero-order valence-electron chi connectivity index (χ0n) is 9.57. The van der Waals surface area contributed by atoms with E-state index in [0.717, 1.165) is 11.1 Å². The number of aliphatic hydroxyl groups excluding tert-OH is 1. The highest BCUT2D eigenvalue weighted by atomic mass is 79.9. The van der Waals surface area contributed by atoms with E-state index in [1.165, 1.54) is 6.07 Å². The molecule has 96 valence electrons. The SMILES string of the molecule is OC(CNCc1ccc(Br)c(F)c1)c1ccsc1. The summed E-state index contributed by atoms with van der Waals surface area (Å²) in [7, 11) is 0. The van der Waals surface area contributed by atoms with Gasteiger partial charge in [0.1, 0.15) is 5.82 Å².